The van der Waals surface area contributed by atoms with Gasteiger partial charge in [0.25, 0.3) is 5.56 Å². The van der Waals surface area contributed by atoms with Crippen LogP contribution in [0.15, 0.2) is 4.79 Å². The summed E-state index contributed by atoms with van der Waals surface area (Å²) in [4.78, 5) is 36.8. The van der Waals surface area contributed by atoms with E-state index in [9.17, 15) is 24.6 Å². The van der Waals surface area contributed by atoms with Crippen LogP contribution in [0.1, 0.15) is 22.4 Å². The van der Waals surface area contributed by atoms with Crippen LogP contribution < -0.4 is 5.56 Å². The number of carboxylic acids is 2. The van der Waals surface area contributed by atoms with Crippen LogP contribution in [-0.2, 0) is 22.4 Å². The summed E-state index contributed by atoms with van der Waals surface area (Å²) < 4.78 is 0. The monoisotopic (exact) mass is 251 g/mol. The van der Waals surface area contributed by atoms with E-state index in [4.69, 9.17) is 0 Å². The number of aliphatic carboxylic acids is 2. The van der Waals surface area contributed by atoms with Gasteiger partial charge in [0.05, 0.1) is 0 Å². The Morgan fingerprint density at radius 2 is 1.61 bits per heavy atom. The van der Waals surface area contributed by atoms with Crippen molar-refractivity contribution >= 4 is 11.9 Å². The molecule has 0 fully saturated rings. The van der Waals surface area contributed by atoms with Crippen molar-refractivity contribution in [2.24, 2.45) is 5.41 Å². The molecule has 0 saturated carbocycles. The van der Waals surface area contributed by atoms with Gasteiger partial charge in [-0.3, -0.25) is 14.4 Å². The van der Waals surface area contributed by atoms with Gasteiger partial charge in [0, 0.05) is 24.1 Å². The highest BCUT2D eigenvalue weighted by Gasteiger charge is 2.52. The number of aryl methyl sites for hydroxylation is 1. The molecule has 2 rings (SSSR count). The zero-order valence-electron chi connectivity index (χ0n) is 10.0. The van der Waals surface area contributed by atoms with E-state index in [2.05, 4.69) is 4.98 Å². The Balaban J connectivity index is 2.66. The number of hydrogen-bond acceptors (Lipinski definition) is 3. The van der Waals surface area contributed by atoms with Gasteiger partial charge in [-0.15, -0.1) is 0 Å². The summed E-state index contributed by atoms with van der Waals surface area (Å²) in [6.45, 7) is 3.23. The fraction of sp³-hybridized carbons (Fsp3) is 0.417. The Kier molecular flexibility index (Phi) is 2.53. The molecule has 3 N–H and O–H groups in total. The fourth-order valence-electron chi connectivity index (χ4n) is 2.47. The Hall–Kier alpha value is -2.11. The van der Waals surface area contributed by atoms with Crippen molar-refractivity contribution in [2.75, 3.05) is 0 Å². The van der Waals surface area contributed by atoms with Gasteiger partial charge in [-0.05, 0) is 25.0 Å². The van der Waals surface area contributed by atoms with Crippen molar-refractivity contribution in [3.8, 4) is 0 Å². The molecule has 0 atom stereocenters. The van der Waals surface area contributed by atoms with Crippen molar-refractivity contribution in [3.63, 3.8) is 0 Å². The van der Waals surface area contributed by atoms with Crippen molar-refractivity contribution in [2.45, 2.75) is 26.7 Å². The molecule has 0 aromatic carbocycles. The Labute approximate surface area is 102 Å². The number of carbonyl (C=O) groups is 2. The second-order valence-electron chi connectivity index (χ2n) is 4.71. The summed E-state index contributed by atoms with van der Waals surface area (Å²) in [6, 6.07) is 0. The molecule has 1 aromatic heterocycles. The molecule has 0 bridgehead atoms. The van der Waals surface area contributed by atoms with Gasteiger partial charge in [0.2, 0.25) is 0 Å². The summed E-state index contributed by atoms with van der Waals surface area (Å²) >= 11 is 0. The first kappa shape index (κ1) is 12.3. The van der Waals surface area contributed by atoms with E-state index in [-0.39, 0.29) is 18.4 Å². The van der Waals surface area contributed by atoms with Crippen LogP contribution in [-0.4, -0.2) is 27.1 Å². The smallest absolute Gasteiger partial charge is 0.321 e. The van der Waals surface area contributed by atoms with E-state index in [1.165, 1.54) is 0 Å². The summed E-state index contributed by atoms with van der Waals surface area (Å²) in [7, 11) is 0. The zero-order chi connectivity index (χ0) is 13.7. The summed E-state index contributed by atoms with van der Waals surface area (Å²) in [5.74, 6) is -2.73. The Bertz CT molecular complexity index is 600. The fourth-order valence-corrected chi connectivity index (χ4v) is 2.47. The number of carboxylic acid groups (broad SMARTS) is 2. The van der Waals surface area contributed by atoms with E-state index in [1.807, 2.05) is 0 Å². The lowest BCUT2D eigenvalue weighted by Gasteiger charge is -2.17. The van der Waals surface area contributed by atoms with Gasteiger partial charge in [0.15, 0.2) is 5.41 Å². The number of pyridine rings is 1. The highest BCUT2D eigenvalue weighted by molar-refractivity contribution is 6.00. The van der Waals surface area contributed by atoms with Crippen LogP contribution in [0, 0.1) is 19.3 Å². The lowest BCUT2D eigenvalue weighted by molar-refractivity contribution is -0.163. The van der Waals surface area contributed by atoms with Gasteiger partial charge in [-0.25, -0.2) is 0 Å². The topological polar surface area (TPSA) is 107 Å². The first-order chi connectivity index (χ1) is 8.29. The highest BCUT2D eigenvalue weighted by Crippen LogP contribution is 2.39. The van der Waals surface area contributed by atoms with Crippen molar-refractivity contribution < 1.29 is 19.8 Å². The third-order valence-electron chi connectivity index (χ3n) is 3.69. The van der Waals surface area contributed by atoms with Crippen molar-refractivity contribution in [1.29, 1.82) is 0 Å². The molecule has 6 nitrogen and oxygen atoms in total. The molecule has 96 valence electrons. The predicted octanol–water partition coefficient (Wildman–Crippen LogP) is 0.246. The first-order valence-electron chi connectivity index (χ1n) is 5.47. The van der Waals surface area contributed by atoms with E-state index >= 15 is 0 Å². The van der Waals surface area contributed by atoms with Gasteiger partial charge in [-0.1, -0.05) is 0 Å². The lowest BCUT2D eigenvalue weighted by Crippen LogP contribution is -2.40. The minimum atomic E-state index is -1.85. The molecule has 0 amide bonds. The largest absolute Gasteiger partial charge is 0.480 e. The average Bonchev–Trinajstić information content (AvgIpc) is 2.68. The molecule has 0 aliphatic heterocycles. The lowest BCUT2D eigenvalue weighted by atomic mass is 9.85. The number of hydrogen-bond donors (Lipinski definition) is 3. The number of rotatable bonds is 2. The quantitative estimate of drug-likeness (QED) is 0.653. The van der Waals surface area contributed by atoms with E-state index < -0.39 is 17.4 Å². The second kappa shape index (κ2) is 3.69. The number of aromatic nitrogens is 1. The van der Waals surface area contributed by atoms with Crippen LogP contribution in [0.4, 0.5) is 0 Å². The molecule has 0 saturated heterocycles. The molecule has 0 spiro atoms. The zero-order valence-corrected chi connectivity index (χ0v) is 10.0. The Morgan fingerprint density at radius 1 is 1.11 bits per heavy atom. The minimum Gasteiger partial charge on any atom is -0.480 e. The van der Waals surface area contributed by atoms with Gasteiger partial charge in [-0.2, -0.15) is 0 Å². The van der Waals surface area contributed by atoms with Crippen molar-refractivity contribution in [1.82, 2.24) is 4.98 Å². The van der Waals surface area contributed by atoms with E-state index in [1.54, 1.807) is 13.8 Å². The standard InChI is InChI=1S/C12H13NO5/c1-5-7-3-12(10(15)16,11(17)18)4-8(7)6(2)13-9(5)14/h3-4H2,1-2H3,(H,13,14)(H,15,16)(H,17,18). The van der Waals surface area contributed by atoms with Gasteiger partial charge in [0.1, 0.15) is 0 Å². The number of H-pyrrole nitrogens is 1. The molecule has 1 heterocycles. The average molecular weight is 251 g/mol. The SMILES string of the molecule is Cc1[nH]c(=O)c(C)c2c1CC(C(=O)O)(C(=O)O)C2. The second-order valence-corrected chi connectivity index (χ2v) is 4.71. The maximum absolute atomic E-state index is 11.6. The maximum Gasteiger partial charge on any atom is 0.321 e. The first-order valence-corrected chi connectivity index (χ1v) is 5.47. The molecule has 0 unspecified atom stereocenters. The molecule has 6 heteroatoms. The molecule has 18 heavy (non-hydrogen) atoms. The summed E-state index contributed by atoms with van der Waals surface area (Å²) in [5, 5.41) is 18.4. The summed E-state index contributed by atoms with van der Waals surface area (Å²) in [5.41, 5.74) is 0.000164. The maximum atomic E-state index is 11.6. The van der Waals surface area contributed by atoms with Crippen molar-refractivity contribution in [3.05, 3.63) is 32.7 Å². The van der Waals surface area contributed by atoms with Gasteiger partial charge < -0.3 is 15.2 Å². The molecule has 1 aliphatic rings. The molecular weight excluding hydrogens is 238 g/mol. The minimum absolute atomic E-state index is 0.0869. The van der Waals surface area contributed by atoms with Crippen LogP contribution in [0.3, 0.4) is 0 Å². The molecule has 0 radical (unpaired) electrons. The third-order valence-corrected chi connectivity index (χ3v) is 3.69. The number of aromatic amines is 1. The van der Waals surface area contributed by atoms with Gasteiger partial charge >= 0.3 is 11.9 Å². The normalized spacial score (nSPS) is 16.3. The molecular formula is C12H13NO5. The van der Waals surface area contributed by atoms with E-state index in [0.29, 0.717) is 22.4 Å². The van der Waals surface area contributed by atoms with Crippen LogP contribution >= 0.6 is 0 Å². The summed E-state index contributed by atoms with van der Waals surface area (Å²) in [6.07, 6.45) is -0.222. The molecule has 1 aliphatic carbocycles. The Morgan fingerprint density at radius 3 is 2.11 bits per heavy atom. The highest BCUT2D eigenvalue weighted by atomic mass is 16.4. The van der Waals surface area contributed by atoms with Crippen LogP contribution in [0.2, 0.25) is 0 Å². The number of fused-ring (bicyclic) bond motifs is 1. The third kappa shape index (κ3) is 1.45. The number of nitrogens with one attached hydrogen (secondary N) is 1. The molecule has 1 aromatic rings. The van der Waals surface area contributed by atoms with Crippen LogP contribution in [0.25, 0.3) is 0 Å². The van der Waals surface area contributed by atoms with E-state index in [0.717, 1.165) is 0 Å². The predicted molar refractivity (Wildman–Crippen MR) is 61.6 cm³/mol. The van der Waals surface area contributed by atoms with Crippen LogP contribution in [0.5, 0.6) is 0 Å².